The van der Waals surface area contributed by atoms with Gasteiger partial charge in [0, 0.05) is 16.4 Å². The molecule has 0 aliphatic heterocycles. The summed E-state index contributed by atoms with van der Waals surface area (Å²) in [5.74, 6) is 5.93. The first kappa shape index (κ1) is 18.7. The van der Waals surface area contributed by atoms with Crippen LogP contribution in [-0.4, -0.2) is 10.2 Å². The molecular weight excluding hydrogens is 392 g/mol. The highest BCUT2D eigenvalue weighted by Crippen LogP contribution is 2.64. The predicted octanol–water partition coefficient (Wildman–Crippen LogP) is 7.19. The van der Waals surface area contributed by atoms with E-state index in [1.807, 2.05) is 6.07 Å². The molecule has 168 valence electrons. The van der Waals surface area contributed by atoms with Gasteiger partial charge in [0.1, 0.15) is 11.5 Å². The third kappa shape index (κ3) is 2.42. The topological polar surface area (TPSA) is 40.5 Å². The Labute approximate surface area is 191 Å². The average Bonchev–Trinajstić information content (AvgIpc) is 2.71. The molecule has 32 heavy (non-hydrogen) atoms. The van der Waals surface area contributed by atoms with Gasteiger partial charge in [-0.15, -0.1) is 0 Å². The van der Waals surface area contributed by atoms with E-state index in [0.717, 1.165) is 71.1 Å². The van der Waals surface area contributed by atoms with Crippen LogP contribution < -0.4 is 0 Å². The van der Waals surface area contributed by atoms with Crippen molar-refractivity contribution in [2.75, 3.05) is 0 Å². The minimum Gasteiger partial charge on any atom is -0.507 e. The summed E-state index contributed by atoms with van der Waals surface area (Å²) >= 11 is 0. The van der Waals surface area contributed by atoms with Crippen LogP contribution in [-0.2, 0) is 10.8 Å². The lowest BCUT2D eigenvalue weighted by atomic mass is 9.47. The van der Waals surface area contributed by atoms with Crippen molar-refractivity contribution in [2.45, 2.75) is 87.9 Å². The molecular formula is C30H36O2. The second kappa shape index (κ2) is 6.05. The maximum Gasteiger partial charge on any atom is 0.130 e. The standard InChI is InChI=1S/C30H36O2/c31-26-10-23-9-24(29-11-17-3-18(12-29)5-19(4-17)13-29)1-2-25(23)28(32)27(26)30-14-20-6-21(15-30)8-22(7-20)16-30/h1-2,9-10,17-22,31-32H,3-8,11-16H2. The lowest BCUT2D eigenvalue weighted by Gasteiger charge is -2.57. The molecule has 0 amide bonds. The molecule has 2 N–H and O–H groups in total. The summed E-state index contributed by atoms with van der Waals surface area (Å²) in [6.45, 7) is 0. The maximum absolute atomic E-state index is 11.6. The molecule has 0 spiro atoms. The number of phenols is 2. The fourth-order valence-electron chi connectivity index (χ4n) is 11.1. The zero-order chi connectivity index (χ0) is 21.2. The fourth-order valence-corrected chi connectivity index (χ4v) is 11.1. The van der Waals surface area contributed by atoms with Gasteiger partial charge in [-0.1, -0.05) is 18.2 Å². The zero-order valence-electron chi connectivity index (χ0n) is 19.2. The van der Waals surface area contributed by atoms with Crippen molar-refractivity contribution in [2.24, 2.45) is 35.5 Å². The number of rotatable bonds is 2. The molecule has 0 radical (unpaired) electrons. The van der Waals surface area contributed by atoms with Gasteiger partial charge in [-0.05, 0) is 135 Å². The predicted molar refractivity (Wildman–Crippen MR) is 127 cm³/mol. The Morgan fingerprint density at radius 1 is 0.594 bits per heavy atom. The van der Waals surface area contributed by atoms with Crippen LogP contribution in [0.3, 0.4) is 0 Å². The number of hydrogen-bond acceptors (Lipinski definition) is 2. The summed E-state index contributed by atoms with van der Waals surface area (Å²) in [7, 11) is 0. The largest absolute Gasteiger partial charge is 0.507 e. The molecule has 0 atom stereocenters. The third-order valence-electron chi connectivity index (χ3n) is 11.3. The van der Waals surface area contributed by atoms with Crippen LogP contribution in [0.15, 0.2) is 24.3 Å². The molecule has 8 saturated carbocycles. The Morgan fingerprint density at radius 3 is 1.56 bits per heavy atom. The van der Waals surface area contributed by atoms with E-state index < -0.39 is 0 Å². The SMILES string of the molecule is Oc1cc2cc(C34CC5CC(CC(C5)C3)C4)ccc2c(O)c1C12CC3CC(CC(C3)C1)C2. The Hall–Kier alpha value is -1.70. The first-order chi connectivity index (χ1) is 15.5. The number of fused-ring (bicyclic) bond motifs is 1. The van der Waals surface area contributed by atoms with Gasteiger partial charge in [0.05, 0.1) is 0 Å². The van der Waals surface area contributed by atoms with E-state index in [1.165, 1.54) is 63.4 Å². The Bertz CT molecular complexity index is 1060. The molecule has 2 nitrogen and oxygen atoms in total. The van der Waals surface area contributed by atoms with Gasteiger partial charge >= 0.3 is 0 Å². The van der Waals surface area contributed by atoms with Crippen molar-refractivity contribution >= 4 is 10.8 Å². The Balaban J connectivity index is 1.23. The van der Waals surface area contributed by atoms with E-state index in [9.17, 15) is 10.2 Å². The van der Waals surface area contributed by atoms with Gasteiger partial charge < -0.3 is 10.2 Å². The van der Waals surface area contributed by atoms with Crippen LogP contribution >= 0.6 is 0 Å². The van der Waals surface area contributed by atoms with Crippen molar-refractivity contribution in [1.29, 1.82) is 0 Å². The molecule has 0 unspecified atom stereocenters. The quantitative estimate of drug-likeness (QED) is 0.531. The minimum atomic E-state index is 0.00963. The summed E-state index contributed by atoms with van der Waals surface area (Å²) in [5.41, 5.74) is 2.74. The molecule has 8 bridgehead atoms. The van der Waals surface area contributed by atoms with Gasteiger partial charge in [-0.2, -0.15) is 0 Å². The van der Waals surface area contributed by atoms with Crippen LogP contribution in [0.2, 0.25) is 0 Å². The number of hydrogen-bond donors (Lipinski definition) is 2. The first-order valence-electron chi connectivity index (χ1n) is 13.5. The van der Waals surface area contributed by atoms with Crippen molar-refractivity contribution in [1.82, 2.24) is 0 Å². The number of aromatic hydroxyl groups is 2. The van der Waals surface area contributed by atoms with E-state index in [-0.39, 0.29) is 5.41 Å². The van der Waals surface area contributed by atoms with Crippen molar-refractivity contribution in [3.63, 3.8) is 0 Å². The third-order valence-corrected chi connectivity index (χ3v) is 11.3. The molecule has 8 aliphatic rings. The summed E-state index contributed by atoms with van der Waals surface area (Å²) < 4.78 is 0. The van der Waals surface area contributed by atoms with Crippen molar-refractivity contribution in [3.8, 4) is 11.5 Å². The monoisotopic (exact) mass is 428 g/mol. The van der Waals surface area contributed by atoms with Crippen LogP contribution in [0.5, 0.6) is 11.5 Å². The van der Waals surface area contributed by atoms with Gasteiger partial charge in [-0.25, -0.2) is 0 Å². The normalized spacial score (nSPS) is 45.8. The van der Waals surface area contributed by atoms with Crippen LogP contribution in [0.25, 0.3) is 10.8 Å². The van der Waals surface area contributed by atoms with E-state index in [0.29, 0.717) is 16.9 Å². The van der Waals surface area contributed by atoms with Gasteiger partial charge in [-0.3, -0.25) is 0 Å². The highest BCUT2D eigenvalue weighted by atomic mass is 16.3. The van der Waals surface area contributed by atoms with Gasteiger partial charge in [0.2, 0.25) is 0 Å². The highest BCUT2D eigenvalue weighted by Gasteiger charge is 2.54. The van der Waals surface area contributed by atoms with Gasteiger partial charge in [0.15, 0.2) is 0 Å². The smallest absolute Gasteiger partial charge is 0.130 e. The summed E-state index contributed by atoms with van der Waals surface area (Å²) in [6, 6.07) is 8.89. The van der Waals surface area contributed by atoms with E-state index in [1.54, 1.807) is 0 Å². The minimum absolute atomic E-state index is 0.00963. The molecule has 2 aromatic carbocycles. The zero-order valence-corrected chi connectivity index (χ0v) is 19.2. The fraction of sp³-hybridized carbons (Fsp3) is 0.667. The molecule has 2 heteroatoms. The van der Waals surface area contributed by atoms with Crippen LogP contribution in [0.1, 0.15) is 88.2 Å². The first-order valence-corrected chi connectivity index (χ1v) is 13.5. The van der Waals surface area contributed by atoms with Crippen LogP contribution in [0.4, 0.5) is 0 Å². The number of benzene rings is 2. The average molecular weight is 429 g/mol. The molecule has 2 aromatic rings. The van der Waals surface area contributed by atoms with Crippen molar-refractivity contribution in [3.05, 3.63) is 35.4 Å². The van der Waals surface area contributed by atoms with Gasteiger partial charge in [0.25, 0.3) is 0 Å². The molecule has 10 rings (SSSR count). The molecule has 0 heterocycles. The molecule has 0 saturated heterocycles. The van der Waals surface area contributed by atoms with E-state index >= 15 is 0 Å². The lowest BCUT2D eigenvalue weighted by Crippen LogP contribution is -2.48. The molecule has 0 aromatic heterocycles. The molecule has 8 aliphatic carbocycles. The van der Waals surface area contributed by atoms with E-state index in [2.05, 4.69) is 18.2 Å². The summed E-state index contributed by atoms with van der Waals surface area (Å²) in [5, 5.41) is 24.9. The summed E-state index contributed by atoms with van der Waals surface area (Å²) in [6.07, 6.45) is 16.1. The van der Waals surface area contributed by atoms with Crippen LogP contribution in [0, 0.1) is 35.5 Å². The van der Waals surface area contributed by atoms with Crippen molar-refractivity contribution < 1.29 is 10.2 Å². The summed E-state index contributed by atoms with van der Waals surface area (Å²) in [4.78, 5) is 0. The second-order valence-corrected chi connectivity index (χ2v) is 13.5. The molecule has 8 fully saturated rings. The van der Waals surface area contributed by atoms with E-state index in [4.69, 9.17) is 0 Å². The second-order valence-electron chi connectivity index (χ2n) is 13.5. The Kier molecular flexibility index (Phi) is 3.53. The highest BCUT2D eigenvalue weighted by molar-refractivity contribution is 5.92. The maximum atomic E-state index is 11.6. The Morgan fingerprint density at radius 2 is 1.06 bits per heavy atom. The number of phenolic OH excluding ortho intramolecular Hbond substituents is 2. The lowest BCUT2D eigenvalue weighted by molar-refractivity contribution is -0.00705.